The Balaban J connectivity index is 2.29. The number of pyridine rings is 1. The molecule has 0 aliphatic heterocycles. The van der Waals surface area contributed by atoms with E-state index in [9.17, 15) is 4.79 Å². The average molecular weight is 442 g/mol. The normalized spacial score (nSPS) is 10.9. The van der Waals surface area contributed by atoms with Crippen LogP contribution in [0.3, 0.4) is 0 Å². The molecule has 2 aromatic heterocycles. The fraction of sp³-hybridized carbons (Fsp3) is 0.0714. The van der Waals surface area contributed by atoms with E-state index in [1.165, 1.54) is 0 Å². The number of aryl methyl sites for hydroxylation is 1. The van der Waals surface area contributed by atoms with E-state index in [2.05, 4.69) is 30.9 Å². The van der Waals surface area contributed by atoms with Crippen LogP contribution in [0.1, 0.15) is 5.69 Å². The van der Waals surface area contributed by atoms with Crippen molar-refractivity contribution in [3.8, 4) is 11.5 Å². The van der Waals surface area contributed by atoms with Crippen molar-refractivity contribution < 1.29 is 0 Å². The molecule has 0 radical (unpaired) electrons. The number of H-pyrrole nitrogens is 1. The number of nitrogens with one attached hydrogen (secondary N) is 1. The molecule has 20 heavy (non-hydrogen) atoms. The molecule has 100 valence electrons. The number of aromatic nitrogens is 3. The lowest BCUT2D eigenvalue weighted by Gasteiger charge is -2.07. The molecule has 2 heterocycles. The van der Waals surface area contributed by atoms with Gasteiger partial charge in [-0.3, -0.25) is 4.79 Å². The highest BCUT2D eigenvalue weighted by Crippen LogP contribution is 2.27. The zero-order valence-electron chi connectivity index (χ0n) is 10.4. The highest BCUT2D eigenvalue weighted by atomic mass is 127. The van der Waals surface area contributed by atoms with Crippen molar-refractivity contribution in [3.63, 3.8) is 0 Å². The summed E-state index contributed by atoms with van der Waals surface area (Å²) in [6.07, 6.45) is 0. The first kappa shape index (κ1) is 13.7. The molecule has 0 atom stereocenters. The summed E-state index contributed by atoms with van der Waals surface area (Å²) in [7, 11) is 0. The number of halogens is 2. The summed E-state index contributed by atoms with van der Waals surface area (Å²) >= 11 is 5.48. The molecule has 1 aromatic carbocycles. The predicted octanol–water partition coefficient (Wildman–Crippen LogP) is 3.66. The molecule has 6 heteroatoms. The van der Waals surface area contributed by atoms with E-state index in [4.69, 9.17) is 0 Å². The van der Waals surface area contributed by atoms with Crippen LogP contribution in [-0.4, -0.2) is 15.0 Å². The minimum atomic E-state index is -0.144. The number of benzene rings is 1. The SMILES string of the molecule is Cc1nc(-c2nc3ccccc3cc2Br)[nH]c(=O)c1I. The van der Waals surface area contributed by atoms with Crippen molar-refractivity contribution >= 4 is 49.4 Å². The molecule has 3 rings (SSSR count). The lowest BCUT2D eigenvalue weighted by Crippen LogP contribution is -2.15. The maximum absolute atomic E-state index is 11.9. The number of hydrogen-bond acceptors (Lipinski definition) is 3. The number of nitrogens with zero attached hydrogens (tertiary/aromatic N) is 2. The van der Waals surface area contributed by atoms with Crippen molar-refractivity contribution in [2.45, 2.75) is 6.92 Å². The third-order valence-corrected chi connectivity index (χ3v) is 4.81. The third kappa shape index (κ3) is 2.37. The van der Waals surface area contributed by atoms with Gasteiger partial charge in [0.2, 0.25) is 0 Å². The van der Waals surface area contributed by atoms with Crippen LogP contribution in [-0.2, 0) is 0 Å². The van der Waals surface area contributed by atoms with Crippen LogP contribution in [0, 0.1) is 10.5 Å². The molecular formula is C14H9BrIN3O. The summed E-state index contributed by atoms with van der Waals surface area (Å²) in [5.41, 5.74) is 2.06. The fourth-order valence-electron chi connectivity index (χ4n) is 1.94. The zero-order valence-corrected chi connectivity index (χ0v) is 14.2. The van der Waals surface area contributed by atoms with E-state index in [1.807, 2.05) is 59.8 Å². The quantitative estimate of drug-likeness (QED) is 0.586. The second kappa shape index (κ2) is 5.25. The first-order valence-corrected chi connectivity index (χ1v) is 7.75. The molecule has 0 amide bonds. The smallest absolute Gasteiger partial charge is 0.264 e. The Hall–Kier alpha value is -1.28. The number of hydrogen-bond donors (Lipinski definition) is 1. The first-order valence-electron chi connectivity index (χ1n) is 5.88. The Morgan fingerprint density at radius 3 is 2.75 bits per heavy atom. The van der Waals surface area contributed by atoms with Crippen LogP contribution in [0.4, 0.5) is 0 Å². The number of fused-ring (bicyclic) bond motifs is 1. The summed E-state index contributed by atoms with van der Waals surface area (Å²) < 4.78 is 1.41. The number of para-hydroxylation sites is 1. The van der Waals surface area contributed by atoms with Gasteiger partial charge in [-0.15, -0.1) is 0 Å². The Labute approximate surface area is 136 Å². The number of rotatable bonds is 1. The Bertz CT molecular complexity index is 876. The summed E-state index contributed by atoms with van der Waals surface area (Å²) in [5, 5.41) is 1.03. The highest BCUT2D eigenvalue weighted by Gasteiger charge is 2.12. The molecule has 0 saturated carbocycles. The van der Waals surface area contributed by atoms with E-state index in [1.54, 1.807) is 0 Å². The standard InChI is InChI=1S/C14H9BrIN3O/c1-7-11(16)14(20)19-13(17-7)12-9(15)6-8-4-2-3-5-10(8)18-12/h2-6H,1H3,(H,17,19,20). The van der Waals surface area contributed by atoms with Crippen LogP contribution in [0.15, 0.2) is 39.6 Å². The van der Waals surface area contributed by atoms with E-state index < -0.39 is 0 Å². The molecule has 0 fully saturated rings. The minimum absolute atomic E-state index is 0.144. The van der Waals surface area contributed by atoms with E-state index >= 15 is 0 Å². The Kier molecular flexibility index (Phi) is 3.59. The van der Waals surface area contributed by atoms with Crippen molar-refractivity contribution in [2.24, 2.45) is 0 Å². The van der Waals surface area contributed by atoms with Gasteiger partial charge in [0, 0.05) is 9.86 Å². The predicted molar refractivity (Wildman–Crippen MR) is 90.7 cm³/mol. The van der Waals surface area contributed by atoms with Gasteiger partial charge in [0.15, 0.2) is 5.82 Å². The van der Waals surface area contributed by atoms with Crippen molar-refractivity contribution in [1.82, 2.24) is 15.0 Å². The molecule has 0 spiro atoms. The number of aromatic amines is 1. The maximum Gasteiger partial charge on any atom is 0.264 e. The van der Waals surface area contributed by atoms with Crippen LogP contribution < -0.4 is 5.56 Å². The molecule has 0 bridgehead atoms. The lowest BCUT2D eigenvalue weighted by molar-refractivity contribution is 1.04. The van der Waals surface area contributed by atoms with E-state index in [0.717, 1.165) is 15.4 Å². The van der Waals surface area contributed by atoms with Gasteiger partial charge in [-0.05, 0) is 57.6 Å². The topological polar surface area (TPSA) is 58.6 Å². The minimum Gasteiger partial charge on any atom is -0.304 e. The Morgan fingerprint density at radius 2 is 2.00 bits per heavy atom. The maximum atomic E-state index is 11.9. The molecule has 0 unspecified atom stereocenters. The van der Waals surface area contributed by atoms with Crippen LogP contribution >= 0.6 is 38.5 Å². The summed E-state index contributed by atoms with van der Waals surface area (Å²) in [6, 6.07) is 9.80. The fourth-order valence-corrected chi connectivity index (χ4v) is 2.72. The van der Waals surface area contributed by atoms with Gasteiger partial charge < -0.3 is 4.98 Å². The van der Waals surface area contributed by atoms with E-state index in [-0.39, 0.29) is 5.56 Å². The Morgan fingerprint density at radius 1 is 1.25 bits per heavy atom. The lowest BCUT2D eigenvalue weighted by atomic mass is 10.2. The molecule has 0 aliphatic rings. The summed E-state index contributed by atoms with van der Waals surface area (Å²) in [5.74, 6) is 0.477. The summed E-state index contributed by atoms with van der Waals surface area (Å²) in [6.45, 7) is 1.81. The van der Waals surface area contributed by atoms with Gasteiger partial charge >= 0.3 is 0 Å². The highest BCUT2D eigenvalue weighted by molar-refractivity contribution is 14.1. The molecular weight excluding hydrogens is 433 g/mol. The third-order valence-electron chi connectivity index (χ3n) is 2.93. The van der Waals surface area contributed by atoms with Crippen molar-refractivity contribution in [2.75, 3.05) is 0 Å². The van der Waals surface area contributed by atoms with Crippen molar-refractivity contribution in [1.29, 1.82) is 0 Å². The zero-order chi connectivity index (χ0) is 14.3. The second-order valence-corrected chi connectivity index (χ2v) is 6.26. The molecule has 3 aromatic rings. The van der Waals surface area contributed by atoms with Crippen LogP contribution in [0.25, 0.3) is 22.4 Å². The average Bonchev–Trinajstić information content (AvgIpc) is 2.43. The largest absolute Gasteiger partial charge is 0.304 e. The molecule has 4 nitrogen and oxygen atoms in total. The van der Waals surface area contributed by atoms with Gasteiger partial charge in [-0.1, -0.05) is 18.2 Å². The summed E-state index contributed by atoms with van der Waals surface area (Å²) in [4.78, 5) is 23.6. The van der Waals surface area contributed by atoms with Gasteiger partial charge in [0.1, 0.15) is 5.69 Å². The van der Waals surface area contributed by atoms with Crippen molar-refractivity contribution in [3.05, 3.63) is 54.4 Å². The molecule has 0 aliphatic carbocycles. The van der Waals surface area contributed by atoms with Crippen LogP contribution in [0.2, 0.25) is 0 Å². The molecule has 1 N–H and O–H groups in total. The van der Waals surface area contributed by atoms with E-state index in [0.29, 0.717) is 20.8 Å². The van der Waals surface area contributed by atoms with Gasteiger partial charge in [0.05, 0.1) is 14.8 Å². The van der Waals surface area contributed by atoms with Gasteiger partial charge in [0.25, 0.3) is 5.56 Å². The van der Waals surface area contributed by atoms with Gasteiger partial charge in [-0.25, -0.2) is 9.97 Å². The van der Waals surface area contributed by atoms with Gasteiger partial charge in [-0.2, -0.15) is 0 Å². The van der Waals surface area contributed by atoms with Crippen LogP contribution in [0.5, 0.6) is 0 Å². The monoisotopic (exact) mass is 441 g/mol. The second-order valence-electron chi connectivity index (χ2n) is 4.33. The molecule has 0 saturated heterocycles. The first-order chi connectivity index (χ1) is 9.56.